The zero-order chi connectivity index (χ0) is 21.3. The van der Waals surface area contributed by atoms with E-state index in [-0.39, 0.29) is 24.3 Å². The molecule has 156 valence electrons. The Morgan fingerprint density at radius 3 is 2.50 bits per heavy atom. The van der Waals surface area contributed by atoms with E-state index in [1.54, 1.807) is 33.7 Å². The first-order valence-corrected chi connectivity index (χ1v) is 11.5. The highest BCUT2D eigenvalue weighted by atomic mass is 35.5. The Balaban J connectivity index is 1.59. The van der Waals surface area contributed by atoms with Crippen LogP contribution in [0.1, 0.15) is 25.8 Å². The largest absolute Gasteiger partial charge is 0.312 e. The van der Waals surface area contributed by atoms with Gasteiger partial charge in [0, 0.05) is 29.4 Å². The molecule has 0 aromatic heterocycles. The Morgan fingerprint density at radius 2 is 1.90 bits per heavy atom. The summed E-state index contributed by atoms with van der Waals surface area (Å²) in [5.41, 5.74) is 2.78. The van der Waals surface area contributed by atoms with Crippen molar-refractivity contribution in [3.05, 3.63) is 59.1 Å². The summed E-state index contributed by atoms with van der Waals surface area (Å²) in [5.74, 6) is 0.298. The van der Waals surface area contributed by atoms with E-state index in [1.807, 2.05) is 43.3 Å². The molecule has 1 fully saturated rings. The number of benzene rings is 2. The van der Waals surface area contributed by atoms with Gasteiger partial charge in [0.05, 0.1) is 17.6 Å². The number of carbonyl (C=O) groups excluding carboxylic acids is 2. The van der Waals surface area contributed by atoms with Crippen LogP contribution in [0.4, 0.5) is 11.4 Å². The van der Waals surface area contributed by atoms with Crippen molar-refractivity contribution >= 4 is 51.7 Å². The minimum Gasteiger partial charge on any atom is -0.312 e. The van der Waals surface area contributed by atoms with Crippen LogP contribution in [0.3, 0.4) is 0 Å². The van der Waals surface area contributed by atoms with Crippen LogP contribution in [-0.4, -0.2) is 35.3 Å². The SMILES string of the molecule is CCc1ccc(N2CC(C(=O)N(C3=NC(C)CS3)c3ccc(Cl)cc3)CC2=O)cc1. The quantitative estimate of drug-likeness (QED) is 0.686. The molecule has 7 heteroatoms. The first-order chi connectivity index (χ1) is 14.5. The van der Waals surface area contributed by atoms with Gasteiger partial charge >= 0.3 is 0 Å². The molecule has 2 amide bonds. The number of carbonyl (C=O) groups is 2. The fourth-order valence-corrected chi connectivity index (χ4v) is 4.89. The number of anilines is 2. The van der Waals surface area contributed by atoms with Crippen LogP contribution in [0.15, 0.2) is 53.5 Å². The molecule has 2 aromatic rings. The summed E-state index contributed by atoms with van der Waals surface area (Å²) in [5, 5.41) is 1.30. The van der Waals surface area contributed by atoms with Gasteiger partial charge in [-0.1, -0.05) is 42.4 Å². The molecule has 2 aromatic carbocycles. The number of aryl methyl sites for hydroxylation is 1. The second-order valence-electron chi connectivity index (χ2n) is 7.65. The van der Waals surface area contributed by atoms with Crippen LogP contribution in [0.25, 0.3) is 0 Å². The molecule has 2 aliphatic heterocycles. The van der Waals surface area contributed by atoms with Crippen LogP contribution >= 0.6 is 23.4 Å². The Morgan fingerprint density at radius 1 is 1.20 bits per heavy atom. The molecule has 2 unspecified atom stereocenters. The zero-order valence-electron chi connectivity index (χ0n) is 17.0. The second kappa shape index (κ2) is 8.82. The number of hydrogen-bond donors (Lipinski definition) is 0. The predicted octanol–water partition coefficient (Wildman–Crippen LogP) is 4.78. The minimum atomic E-state index is -0.418. The standard InChI is InChI=1S/C23H24ClN3O2S/c1-3-16-4-8-19(9-5-16)26-13-17(12-21(26)28)22(29)27(23-25-15(2)14-30-23)20-10-6-18(24)7-11-20/h4-11,15,17H,3,12-14H2,1-2H3. The fraction of sp³-hybridized carbons (Fsp3) is 0.348. The van der Waals surface area contributed by atoms with E-state index < -0.39 is 5.92 Å². The van der Waals surface area contributed by atoms with Crippen LogP contribution in [0.5, 0.6) is 0 Å². The lowest BCUT2D eigenvalue weighted by Gasteiger charge is -2.25. The molecule has 0 aliphatic carbocycles. The third kappa shape index (κ3) is 4.25. The molecular weight excluding hydrogens is 418 g/mol. The highest BCUT2D eigenvalue weighted by molar-refractivity contribution is 8.14. The number of thioether (sulfide) groups is 1. The minimum absolute atomic E-state index is 0.0250. The molecule has 2 atom stereocenters. The molecule has 5 nitrogen and oxygen atoms in total. The average molecular weight is 442 g/mol. The molecule has 0 radical (unpaired) electrons. The maximum absolute atomic E-state index is 13.6. The number of halogens is 1. The molecule has 4 rings (SSSR count). The lowest BCUT2D eigenvalue weighted by atomic mass is 10.1. The predicted molar refractivity (Wildman–Crippen MR) is 125 cm³/mol. The van der Waals surface area contributed by atoms with Gasteiger partial charge in [-0.3, -0.25) is 19.5 Å². The Labute approximate surface area is 186 Å². The van der Waals surface area contributed by atoms with E-state index in [9.17, 15) is 9.59 Å². The number of amides is 2. The Kier molecular flexibility index (Phi) is 6.16. The van der Waals surface area contributed by atoms with Crippen LogP contribution in [-0.2, 0) is 16.0 Å². The molecule has 1 saturated heterocycles. The molecule has 2 heterocycles. The topological polar surface area (TPSA) is 53.0 Å². The van der Waals surface area contributed by atoms with Crippen LogP contribution in [0.2, 0.25) is 5.02 Å². The maximum atomic E-state index is 13.6. The van der Waals surface area contributed by atoms with Crippen molar-refractivity contribution in [1.29, 1.82) is 0 Å². The van der Waals surface area contributed by atoms with E-state index in [0.717, 1.165) is 23.5 Å². The summed E-state index contributed by atoms with van der Waals surface area (Å²) in [7, 11) is 0. The van der Waals surface area contributed by atoms with Gasteiger partial charge in [-0.2, -0.15) is 0 Å². The molecule has 0 bridgehead atoms. The Hall–Kier alpha value is -2.31. The molecular formula is C23H24ClN3O2S. The molecule has 0 spiro atoms. The third-order valence-electron chi connectivity index (χ3n) is 5.41. The third-order valence-corrected chi connectivity index (χ3v) is 6.86. The molecule has 0 N–H and O–H groups in total. The maximum Gasteiger partial charge on any atom is 0.238 e. The van der Waals surface area contributed by atoms with Gasteiger partial charge in [-0.05, 0) is 55.3 Å². The van der Waals surface area contributed by atoms with Crippen LogP contribution < -0.4 is 9.80 Å². The summed E-state index contributed by atoms with van der Waals surface area (Å²) in [6, 6.07) is 15.3. The highest BCUT2D eigenvalue weighted by Gasteiger charge is 2.39. The van der Waals surface area contributed by atoms with Crippen molar-refractivity contribution in [2.75, 3.05) is 22.1 Å². The van der Waals surface area contributed by atoms with E-state index in [0.29, 0.717) is 16.7 Å². The average Bonchev–Trinajstić information content (AvgIpc) is 3.35. The summed E-state index contributed by atoms with van der Waals surface area (Å²) < 4.78 is 0. The first kappa shape index (κ1) is 20.9. The van der Waals surface area contributed by atoms with E-state index in [4.69, 9.17) is 11.6 Å². The van der Waals surface area contributed by atoms with Crippen LogP contribution in [0, 0.1) is 5.92 Å². The number of hydrogen-bond acceptors (Lipinski definition) is 4. The highest BCUT2D eigenvalue weighted by Crippen LogP contribution is 2.32. The zero-order valence-corrected chi connectivity index (χ0v) is 18.6. The van der Waals surface area contributed by atoms with Gasteiger partial charge in [0.25, 0.3) is 0 Å². The number of rotatable bonds is 4. The summed E-state index contributed by atoms with van der Waals surface area (Å²) >= 11 is 7.61. The van der Waals surface area contributed by atoms with E-state index in [1.165, 1.54) is 5.56 Å². The van der Waals surface area contributed by atoms with Crippen molar-refractivity contribution in [3.63, 3.8) is 0 Å². The smallest absolute Gasteiger partial charge is 0.238 e. The normalized spacial score (nSPS) is 21.1. The monoisotopic (exact) mass is 441 g/mol. The van der Waals surface area contributed by atoms with Crippen molar-refractivity contribution in [2.24, 2.45) is 10.9 Å². The summed E-state index contributed by atoms with van der Waals surface area (Å²) in [6.07, 6.45) is 1.15. The van der Waals surface area contributed by atoms with Gasteiger partial charge in [0.15, 0.2) is 5.17 Å². The number of nitrogens with zero attached hydrogens (tertiary/aromatic N) is 3. The fourth-order valence-electron chi connectivity index (χ4n) is 3.72. The van der Waals surface area contributed by atoms with Crippen molar-refractivity contribution in [2.45, 2.75) is 32.7 Å². The lowest BCUT2D eigenvalue weighted by Crippen LogP contribution is -2.40. The number of amidine groups is 1. The number of aliphatic imine (C=N–C) groups is 1. The second-order valence-corrected chi connectivity index (χ2v) is 9.07. The van der Waals surface area contributed by atoms with Crippen molar-refractivity contribution < 1.29 is 9.59 Å². The molecule has 30 heavy (non-hydrogen) atoms. The van der Waals surface area contributed by atoms with Gasteiger partial charge in [0.1, 0.15) is 0 Å². The van der Waals surface area contributed by atoms with Crippen molar-refractivity contribution in [3.8, 4) is 0 Å². The summed E-state index contributed by atoms with van der Waals surface area (Å²) in [6.45, 7) is 4.51. The lowest BCUT2D eigenvalue weighted by molar-refractivity contribution is -0.123. The van der Waals surface area contributed by atoms with Gasteiger partial charge in [-0.15, -0.1) is 0 Å². The molecule has 0 saturated carbocycles. The van der Waals surface area contributed by atoms with Gasteiger partial charge in [0.2, 0.25) is 11.8 Å². The first-order valence-electron chi connectivity index (χ1n) is 10.2. The van der Waals surface area contributed by atoms with Gasteiger partial charge in [-0.25, -0.2) is 0 Å². The molecule has 2 aliphatic rings. The summed E-state index contributed by atoms with van der Waals surface area (Å²) in [4.78, 5) is 34.3. The van der Waals surface area contributed by atoms with E-state index in [2.05, 4.69) is 11.9 Å². The van der Waals surface area contributed by atoms with Crippen molar-refractivity contribution in [1.82, 2.24) is 0 Å². The van der Waals surface area contributed by atoms with E-state index >= 15 is 0 Å². The Bertz CT molecular complexity index is 975. The van der Waals surface area contributed by atoms with Gasteiger partial charge < -0.3 is 4.90 Å².